The van der Waals surface area contributed by atoms with Gasteiger partial charge in [-0.1, -0.05) is 0 Å². The van der Waals surface area contributed by atoms with Gasteiger partial charge in [0.15, 0.2) is 5.41 Å². The summed E-state index contributed by atoms with van der Waals surface area (Å²) in [5.41, 5.74) is -1.16. The van der Waals surface area contributed by atoms with E-state index in [1.165, 1.54) is 0 Å². The molecule has 70 valence electrons. The standard InChI is InChI=1S/C8H9NO4/c1-2-13-7(12)8-3-4(8)5(10)9-6(8)11/h4H,2-3H2,1H3,(H,9,10,11). The highest BCUT2D eigenvalue weighted by molar-refractivity contribution is 6.21. The van der Waals surface area contributed by atoms with Gasteiger partial charge in [-0.25, -0.2) is 0 Å². The molecule has 13 heavy (non-hydrogen) atoms. The van der Waals surface area contributed by atoms with Gasteiger partial charge in [-0.2, -0.15) is 0 Å². The lowest BCUT2D eigenvalue weighted by molar-refractivity contribution is -0.153. The van der Waals surface area contributed by atoms with Gasteiger partial charge in [-0.05, 0) is 13.3 Å². The number of piperidine rings is 1. The molecule has 2 unspecified atom stereocenters. The van der Waals surface area contributed by atoms with Crippen molar-refractivity contribution in [1.29, 1.82) is 0 Å². The van der Waals surface area contributed by atoms with Crippen molar-refractivity contribution in [2.45, 2.75) is 13.3 Å². The van der Waals surface area contributed by atoms with Crippen LogP contribution >= 0.6 is 0 Å². The molecule has 2 atom stereocenters. The third-order valence-corrected chi connectivity index (χ3v) is 2.56. The quantitative estimate of drug-likeness (QED) is 0.346. The van der Waals surface area contributed by atoms with Gasteiger partial charge in [-0.15, -0.1) is 0 Å². The van der Waals surface area contributed by atoms with E-state index < -0.39 is 23.2 Å². The summed E-state index contributed by atoms with van der Waals surface area (Å²) >= 11 is 0. The molecule has 0 aromatic rings. The van der Waals surface area contributed by atoms with Crippen LogP contribution < -0.4 is 5.32 Å². The maximum atomic E-state index is 11.3. The average Bonchev–Trinajstić information content (AvgIpc) is 2.74. The number of nitrogens with one attached hydrogen (secondary N) is 1. The van der Waals surface area contributed by atoms with Crippen LogP contribution in [-0.4, -0.2) is 24.4 Å². The van der Waals surface area contributed by atoms with Crippen LogP contribution in [0.4, 0.5) is 0 Å². The number of hydrogen-bond acceptors (Lipinski definition) is 4. The number of imide groups is 1. The van der Waals surface area contributed by atoms with Crippen LogP contribution in [0.3, 0.4) is 0 Å². The van der Waals surface area contributed by atoms with Gasteiger partial charge < -0.3 is 4.74 Å². The molecule has 1 heterocycles. The van der Waals surface area contributed by atoms with Crippen molar-refractivity contribution >= 4 is 17.8 Å². The van der Waals surface area contributed by atoms with Gasteiger partial charge in [0.2, 0.25) is 11.8 Å². The summed E-state index contributed by atoms with van der Waals surface area (Å²) in [5, 5.41) is 2.12. The highest BCUT2D eigenvalue weighted by Crippen LogP contribution is 2.57. The van der Waals surface area contributed by atoms with Crippen molar-refractivity contribution in [1.82, 2.24) is 5.32 Å². The Morgan fingerprint density at radius 3 is 2.77 bits per heavy atom. The Morgan fingerprint density at radius 1 is 1.69 bits per heavy atom. The minimum Gasteiger partial charge on any atom is -0.465 e. The molecule has 0 aromatic carbocycles. The molecule has 1 aliphatic heterocycles. The summed E-state index contributed by atoms with van der Waals surface area (Å²) in [6.45, 7) is 1.90. The first kappa shape index (κ1) is 8.22. The minimum absolute atomic E-state index is 0.231. The van der Waals surface area contributed by atoms with E-state index in [4.69, 9.17) is 4.74 Å². The molecule has 1 aliphatic carbocycles. The van der Waals surface area contributed by atoms with Gasteiger partial charge >= 0.3 is 5.97 Å². The van der Waals surface area contributed by atoms with Crippen LogP contribution in [0.1, 0.15) is 13.3 Å². The van der Waals surface area contributed by atoms with Gasteiger partial charge in [0, 0.05) is 0 Å². The van der Waals surface area contributed by atoms with E-state index in [1.54, 1.807) is 6.92 Å². The molecule has 0 radical (unpaired) electrons. The summed E-state index contributed by atoms with van der Waals surface area (Å²) in [5.74, 6) is -1.89. The summed E-state index contributed by atoms with van der Waals surface area (Å²) < 4.78 is 4.74. The summed E-state index contributed by atoms with van der Waals surface area (Å²) in [6.07, 6.45) is 0.316. The first-order valence-corrected chi connectivity index (χ1v) is 4.15. The van der Waals surface area contributed by atoms with Gasteiger partial charge in [0.1, 0.15) is 0 Å². The summed E-state index contributed by atoms with van der Waals surface area (Å²) in [7, 11) is 0. The van der Waals surface area contributed by atoms with E-state index in [9.17, 15) is 14.4 Å². The lowest BCUT2D eigenvalue weighted by Gasteiger charge is -2.07. The Kier molecular flexibility index (Phi) is 1.46. The first-order valence-electron chi connectivity index (χ1n) is 4.15. The summed E-state index contributed by atoms with van der Waals surface area (Å²) in [6, 6.07) is 0. The topological polar surface area (TPSA) is 72.5 Å². The van der Waals surface area contributed by atoms with E-state index >= 15 is 0 Å². The number of carbonyl (C=O) groups is 3. The smallest absolute Gasteiger partial charge is 0.322 e. The van der Waals surface area contributed by atoms with Crippen molar-refractivity contribution in [3.63, 3.8) is 0 Å². The zero-order valence-corrected chi connectivity index (χ0v) is 7.12. The van der Waals surface area contributed by atoms with Crippen molar-refractivity contribution in [3.05, 3.63) is 0 Å². The molecule has 2 aliphatic rings. The molecular formula is C8H9NO4. The van der Waals surface area contributed by atoms with E-state index in [0.29, 0.717) is 6.42 Å². The molecule has 1 N–H and O–H groups in total. The van der Waals surface area contributed by atoms with Gasteiger partial charge in [0.05, 0.1) is 12.5 Å². The molecule has 2 amide bonds. The maximum absolute atomic E-state index is 11.3. The van der Waals surface area contributed by atoms with Gasteiger partial charge in [0.25, 0.3) is 0 Å². The second kappa shape index (κ2) is 2.31. The third kappa shape index (κ3) is 0.839. The minimum atomic E-state index is -1.16. The number of carbonyl (C=O) groups excluding carboxylic acids is 3. The van der Waals surface area contributed by atoms with Crippen molar-refractivity contribution < 1.29 is 19.1 Å². The Morgan fingerprint density at radius 2 is 2.38 bits per heavy atom. The molecule has 5 nitrogen and oxygen atoms in total. The Bertz CT molecular complexity index is 311. The average molecular weight is 183 g/mol. The first-order chi connectivity index (χ1) is 6.13. The van der Waals surface area contributed by atoms with E-state index in [0.717, 1.165) is 0 Å². The van der Waals surface area contributed by atoms with E-state index in [2.05, 4.69) is 5.32 Å². The second-order valence-corrected chi connectivity index (χ2v) is 3.27. The predicted molar refractivity (Wildman–Crippen MR) is 40.3 cm³/mol. The third-order valence-electron chi connectivity index (χ3n) is 2.56. The highest BCUT2D eigenvalue weighted by atomic mass is 16.5. The van der Waals surface area contributed by atoms with Gasteiger partial charge in [-0.3, -0.25) is 19.7 Å². The maximum Gasteiger partial charge on any atom is 0.322 e. The fraction of sp³-hybridized carbons (Fsp3) is 0.625. The number of rotatable bonds is 2. The normalized spacial score (nSPS) is 35.3. The molecule has 0 bridgehead atoms. The zero-order chi connectivity index (χ0) is 9.64. The van der Waals surface area contributed by atoms with E-state index in [-0.39, 0.29) is 12.5 Å². The Labute approximate surface area is 74.4 Å². The van der Waals surface area contributed by atoms with E-state index in [1.807, 2.05) is 0 Å². The van der Waals surface area contributed by atoms with Crippen LogP contribution in [0.15, 0.2) is 0 Å². The molecule has 2 fully saturated rings. The molecule has 0 spiro atoms. The summed E-state index contributed by atoms with van der Waals surface area (Å²) in [4.78, 5) is 33.6. The number of amides is 2. The van der Waals surface area contributed by atoms with Crippen molar-refractivity contribution in [3.8, 4) is 0 Å². The van der Waals surface area contributed by atoms with Crippen LogP contribution in [0.2, 0.25) is 0 Å². The SMILES string of the molecule is CCOC(=O)C12CC1C(=O)NC2=O. The van der Waals surface area contributed by atoms with Crippen molar-refractivity contribution in [2.75, 3.05) is 6.61 Å². The molecule has 0 aromatic heterocycles. The monoisotopic (exact) mass is 183 g/mol. The number of fused-ring (bicyclic) bond motifs is 1. The van der Waals surface area contributed by atoms with Crippen LogP contribution in [0, 0.1) is 11.3 Å². The van der Waals surface area contributed by atoms with Crippen LogP contribution in [-0.2, 0) is 19.1 Å². The van der Waals surface area contributed by atoms with Crippen molar-refractivity contribution in [2.24, 2.45) is 11.3 Å². The largest absolute Gasteiger partial charge is 0.465 e. The number of hydrogen-bond donors (Lipinski definition) is 1. The Hall–Kier alpha value is -1.39. The van der Waals surface area contributed by atoms with Crippen LogP contribution in [0.25, 0.3) is 0 Å². The molecule has 1 saturated carbocycles. The Balaban J connectivity index is 2.20. The molecule has 5 heteroatoms. The molecule has 1 saturated heterocycles. The lowest BCUT2D eigenvalue weighted by atomic mass is 10.1. The zero-order valence-electron chi connectivity index (χ0n) is 7.12. The fourth-order valence-electron chi connectivity index (χ4n) is 1.72. The number of ether oxygens (including phenoxy) is 1. The molecule has 2 rings (SSSR count). The highest BCUT2D eigenvalue weighted by Gasteiger charge is 2.74. The molecular weight excluding hydrogens is 174 g/mol. The fourth-order valence-corrected chi connectivity index (χ4v) is 1.72. The predicted octanol–water partition coefficient (Wildman–Crippen LogP) is -0.788. The second-order valence-electron chi connectivity index (χ2n) is 3.27. The number of esters is 1. The lowest BCUT2D eigenvalue weighted by Crippen LogP contribution is -2.33. The van der Waals surface area contributed by atoms with Crippen LogP contribution in [0.5, 0.6) is 0 Å².